The maximum atomic E-state index is 10.6. The lowest BCUT2D eigenvalue weighted by Gasteiger charge is -2.25. The molecule has 1 aromatic carbocycles. The Morgan fingerprint density at radius 2 is 2.44 bits per heavy atom. The molecule has 86 valence electrons. The summed E-state index contributed by atoms with van der Waals surface area (Å²) in [6, 6.07) is 5.66. The average molecular weight is 222 g/mol. The normalized spacial score (nSPS) is 18.4. The molecule has 0 amide bonds. The van der Waals surface area contributed by atoms with Crippen LogP contribution in [-0.4, -0.2) is 24.3 Å². The molecule has 4 nitrogen and oxygen atoms in total. The predicted molar refractivity (Wildman–Crippen MR) is 58.0 cm³/mol. The standard InChI is InChI=1S/C12H14O4/c1-15-9-4-2-8-3-5-10(7-12(13)14)16-11(8)6-9/h2,4,6,10H,3,5,7H2,1H3,(H,13,14). The van der Waals surface area contributed by atoms with Crippen molar-refractivity contribution in [2.45, 2.75) is 25.4 Å². The molecule has 0 aliphatic carbocycles. The van der Waals surface area contributed by atoms with Crippen molar-refractivity contribution < 1.29 is 19.4 Å². The molecule has 1 heterocycles. The Bertz CT molecular complexity index is 400. The predicted octanol–water partition coefficient (Wildman–Crippen LogP) is 1.86. The Kier molecular flexibility index (Phi) is 2.99. The minimum Gasteiger partial charge on any atom is -0.497 e. The number of aryl methyl sites for hydroxylation is 1. The van der Waals surface area contributed by atoms with E-state index in [4.69, 9.17) is 14.6 Å². The number of hydrogen-bond donors (Lipinski definition) is 1. The Hall–Kier alpha value is -1.71. The van der Waals surface area contributed by atoms with Crippen LogP contribution in [0.5, 0.6) is 11.5 Å². The molecule has 1 atom stereocenters. The van der Waals surface area contributed by atoms with E-state index in [9.17, 15) is 4.79 Å². The maximum absolute atomic E-state index is 10.6. The van der Waals surface area contributed by atoms with Crippen molar-refractivity contribution in [2.24, 2.45) is 0 Å². The summed E-state index contributed by atoms with van der Waals surface area (Å²) in [6.45, 7) is 0. The monoisotopic (exact) mass is 222 g/mol. The van der Waals surface area contributed by atoms with Crippen LogP contribution in [0.15, 0.2) is 18.2 Å². The van der Waals surface area contributed by atoms with Crippen LogP contribution >= 0.6 is 0 Å². The number of aliphatic carboxylic acids is 1. The Morgan fingerprint density at radius 3 is 3.12 bits per heavy atom. The second-order valence-electron chi connectivity index (χ2n) is 3.85. The number of hydrogen-bond acceptors (Lipinski definition) is 3. The van der Waals surface area contributed by atoms with Crippen molar-refractivity contribution in [3.8, 4) is 11.5 Å². The van der Waals surface area contributed by atoms with Crippen LogP contribution in [0.2, 0.25) is 0 Å². The lowest BCUT2D eigenvalue weighted by molar-refractivity contribution is -0.139. The number of ether oxygens (including phenoxy) is 2. The van der Waals surface area contributed by atoms with Crippen molar-refractivity contribution in [2.75, 3.05) is 7.11 Å². The Labute approximate surface area is 93.8 Å². The van der Waals surface area contributed by atoms with Gasteiger partial charge in [-0.15, -0.1) is 0 Å². The largest absolute Gasteiger partial charge is 0.497 e. The van der Waals surface area contributed by atoms with E-state index in [1.165, 1.54) is 0 Å². The van der Waals surface area contributed by atoms with Gasteiger partial charge in [0.1, 0.15) is 17.6 Å². The smallest absolute Gasteiger partial charge is 0.307 e. The van der Waals surface area contributed by atoms with E-state index in [-0.39, 0.29) is 12.5 Å². The lowest BCUT2D eigenvalue weighted by atomic mass is 10.0. The molecular weight excluding hydrogens is 208 g/mol. The van der Waals surface area contributed by atoms with Gasteiger partial charge in [-0.1, -0.05) is 6.07 Å². The second kappa shape index (κ2) is 4.43. The van der Waals surface area contributed by atoms with Crippen molar-refractivity contribution >= 4 is 5.97 Å². The first-order valence-electron chi connectivity index (χ1n) is 5.24. The Balaban J connectivity index is 2.14. The van der Waals surface area contributed by atoms with Gasteiger partial charge >= 0.3 is 5.97 Å². The highest BCUT2D eigenvalue weighted by Gasteiger charge is 2.22. The molecule has 0 fully saturated rings. The molecule has 0 saturated heterocycles. The minimum absolute atomic E-state index is 0.0522. The quantitative estimate of drug-likeness (QED) is 0.848. The number of fused-ring (bicyclic) bond motifs is 1. The van der Waals surface area contributed by atoms with E-state index in [1.54, 1.807) is 7.11 Å². The van der Waals surface area contributed by atoms with E-state index in [0.717, 1.165) is 29.9 Å². The lowest BCUT2D eigenvalue weighted by Crippen LogP contribution is -2.25. The fraction of sp³-hybridized carbons (Fsp3) is 0.417. The molecule has 1 aromatic rings. The number of methoxy groups -OCH3 is 1. The summed E-state index contributed by atoms with van der Waals surface area (Å²) in [4.78, 5) is 10.6. The summed E-state index contributed by atoms with van der Waals surface area (Å²) < 4.78 is 10.7. The zero-order valence-electron chi connectivity index (χ0n) is 9.10. The third-order valence-electron chi connectivity index (χ3n) is 2.71. The highest BCUT2D eigenvalue weighted by atomic mass is 16.5. The van der Waals surface area contributed by atoms with Gasteiger partial charge in [0.25, 0.3) is 0 Å². The second-order valence-corrected chi connectivity index (χ2v) is 3.85. The van der Waals surface area contributed by atoms with Gasteiger partial charge in [-0.25, -0.2) is 0 Å². The zero-order valence-corrected chi connectivity index (χ0v) is 9.10. The third kappa shape index (κ3) is 2.27. The van der Waals surface area contributed by atoms with Crippen LogP contribution in [0.3, 0.4) is 0 Å². The number of carboxylic acids is 1. The molecule has 1 N–H and O–H groups in total. The number of benzene rings is 1. The van der Waals surface area contributed by atoms with Crippen LogP contribution in [0, 0.1) is 0 Å². The van der Waals surface area contributed by atoms with Crippen LogP contribution in [0.4, 0.5) is 0 Å². The van der Waals surface area contributed by atoms with Gasteiger partial charge in [-0.2, -0.15) is 0 Å². The first-order chi connectivity index (χ1) is 7.69. The fourth-order valence-corrected chi connectivity index (χ4v) is 1.87. The van der Waals surface area contributed by atoms with Crippen LogP contribution < -0.4 is 9.47 Å². The summed E-state index contributed by atoms with van der Waals surface area (Å²) in [5, 5.41) is 8.71. The molecule has 0 aromatic heterocycles. The molecule has 4 heteroatoms. The fourth-order valence-electron chi connectivity index (χ4n) is 1.87. The van der Waals surface area contributed by atoms with Gasteiger partial charge in [-0.05, 0) is 24.5 Å². The van der Waals surface area contributed by atoms with Crippen molar-refractivity contribution in [1.82, 2.24) is 0 Å². The summed E-state index contributed by atoms with van der Waals surface area (Å²) in [7, 11) is 1.60. The molecule has 0 spiro atoms. The molecule has 1 aliphatic heterocycles. The van der Waals surface area contributed by atoms with Gasteiger partial charge in [0.05, 0.1) is 13.5 Å². The minimum atomic E-state index is -0.823. The van der Waals surface area contributed by atoms with E-state index >= 15 is 0 Å². The van der Waals surface area contributed by atoms with Gasteiger partial charge in [0.15, 0.2) is 0 Å². The van der Waals surface area contributed by atoms with Crippen LogP contribution in [0.1, 0.15) is 18.4 Å². The van der Waals surface area contributed by atoms with E-state index in [0.29, 0.717) is 0 Å². The van der Waals surface area contributed by atoms with E-state index < -0.39 is 5.97 Å². The van der Waals surface area contributed by atoms with Crippen molar-refractivity contribution in [3.63, 3.8) is 0 Å². The van der Waals surface area contributed by atoms with Crippen molar-refractivity contribution in [3.05, 3.63) is 23.8 Å². The van der Waals surface area contributed by atoms with Gasteiger partial charge < -0.3 is 14.6 Å². The van der Waals surface area contributed by atoms with E-state index in [2.05, 4.69) is 0 Å². The number of carbonyl (C=O) groups is 1. The zero-order chi connectivity index (χ0) is 11.5. The summed E-state index contributed by atoms with van der Waals surface area (Å²) >= 11 is 0. The number of carboxylic acid groups (broad SMARTS) is 1. The topological polar surface area (TPSA) is 55.8 Å². The van der Waals surface area contributed by atoms with Crippen molar-refractivity contribution in [1.29, 1.82) is 0 Å². The van der Waals surface area contributed by atoms with Gasteiger partial charge in [0, 0.05) is 6.07 Å². The Morgan fingerprint density at radius 1 is 1.62 bits per heavy atom. The SMILES string of the molecule is COc1ccc2c(c1)OC(CC(=O)O)CC2. The number of rotatable bonds is 3. The first kappa shape index (κ1) is 10.8. The molecule has 2 rings (SSSR count). The first-order valence-corrected chi connectivity index (χ1v) is 5.24. The third-order valence-corrected chi connectivity index (χ3v) is 2.71. The maximum Gasteiger partial charge on any atom is 0.307 e. The molecule has 16 heavy (non-hydrogen) atoms. The van der Waals surface area contributed by atoms with Crippen LogP contribution in [-0.2, 0) is 11.2 Å². The molecular formula is C12H14O4. The summed E-state index contributed by atoms with van der Waals surface area (Å²) in [6.07, 6.45) is 1.44. The molecule has 0 saturated carbocycles. The summed E-state index contributed by atoms with van der Waals surface area (Å²) in [5.41, 5.74) is 1.11. The van der Waals surface area contributed by atoms with Gasteiger partial charge in [0.2, 0.25) is 0 Å². The molecule has 1 unspecified atom stereocenters. The van der Waals surface area contributed by atoms with Crippen LogP contribution in [0.25, 0.3) is 0 Å². The van der Waals surface area contributed by atoms with E-state index in [1.807, 2.05) is 18.2 Å². The summed E-state index contributed by atoms with van der Waals surface area (Å²) in [5.74, 6) is 0.655. The van der Waals surface area contributed by atoms with Gasteiger partial charge in [-0.3, -0.25) is 4.79 Å². The molecule has 1 aliphatic rings. The average Bonchev–Trinajstić information content (AvgIpc) is 2.27. The highest BCUT2D eigenvalue weighted by Crippen LogP contribution is 2.31. The molecule has 0 bridgehead atoms. The highest BCUT2D eigenvalue weighted by molar-refractivity contribution is 5.67. The molecule has 0 radical (unpaired) electrons.